The summed E-state index contributed by atoms with van der Waals surface area (Å²) in [4.78, 5) is 46.2. The summed E-state index contributed by atoms with van der Waals surface area (Å²) in [6.45, 7) is 3.32. The number of carbonyl (C=O) groups excluding carboxylic acids is 1. The van der Waals surface area contributed by atoms with Gasteiger partial charge in [-0.1, -0.05) is 0 Å². The number of anilines is 1. The van der Waals surface area contributed by atoms with Crippen LogP contribution in [0.5, 0.6) is 0 Å². The lowest BCUT2D eigenvalue weighted by Gasteiger charge is -2.34. The van der Waals surface area contributed by atoms with Crippen LogP contribution in [0, 0.1) is 17.7 Å². The quantitative estimate of drug-likeness (QED) is 0.502. The van der Waals surface area contributed by atoms with Gasteiger partial charge in [0.1, 0.15) is 0 Å². The summed E-state index contributed by atoms with van der Waals surface area (Å²) in [5, 5.41) is 18.6. The van der Waals surface area contributed by atoms with Crippen molar-refractivity contribution in [2.24, 2.45) is 16.8 Å². The molecule has 11 heteroatoms. The summed E-state index contributed by atoms with van der Waals surface area (Å²) in [6.07, 6.45) is 0.880. The standard InChI is InChI=1S/C19H23FN4O6/c1-2-30-19(29)24-9-7-23(8-10-24)16-12(20)5-6-13(22-16)21-15(11-3-4-11)14(17(25)26)18(27)28/h5-6,11,14H,2-4,7-10H2,1H3,(H,25,26)(H,27,28). The van der Waals surface area contributed by atoms with E-state index in [9.17, 15) is 29.0 Å². The first-order valence-corrected chi connectivity index (χ1v) is 9.69. The van der Waals surface area contributed by atoms with Crippen molar-refractivity contribution in [1.29, 1.82) is 0 Å². The molecule has 1 amide bonds. The summed E-state index contributed by atoms with van der Waals surface area (Å²) >= 11 is 0. The summed E-state index contributed by atoms with van der Waals surface area (Å²) in [5.74, 6) is -5.49. The lowest BCUT2D eigenvalue weighted by Crippen LogP contribution is -2.49. The van der Waals surface area contributed by atoms with Gasteiger partial charge in [-0.3, -0.25) is 9.59 Å². The topological polar surface area (TPSA) is 133 Å². The maximum atomic E-state index is 14.4. The van der Waals surface area contributed by atoms with Crippen LogP contribution in [0.15, 0.2) is 17.1 Å². The third-order valence-electron chi connectivity index (χ3n) is 4.95. The van der Waals surface area contributed by atoms with Crippen molar-refractivity contribution in [3.05, 3.63) is 17.9 Å². The number of aliphatic imine (C=N–C) groups is 1. The SMILES string of the molecule is CCOC(=O)N1CCN(c2nc(N=C(C3CC3)C(C(=O)O)C(=O)O)ccc2F)CC1. The van der Waals surface area contributed by atoms with Crippen LogP contribution >= 0.6 is 0 Å². The average molecular weight is 422 g/mol. The third kappa shape index (κ3) is 4.84. The van der Waals surface area contributed by atoms with Gasteiger partial charge in [0.15, 0.2) is 23.4 Å². The van der Waals surface area contributed by atoms with E-state index in [-0.39, 0.29) is 29.9 Å². The first-order chi connectivity index (χ1) is 14.3. The molecule has 1 aliphatic carbocycles. The second-order valence-corrected chi connectivity index (χ2v) is 7.07. The third-order valence-corrected chi connectivity index (χ3v) is 4.95. The maximum Gasteiger partial charge on any atom is 0.409 e. The molecule has 30 heavy (non-hydrogen) atoms. The molecule has 2 fully saturated rings. The molecule has 162 valence electrons. The number of pyridine rings is 1. The summed E-state index contributed by atoms with van der Waals surface area (Å²) in [6, 6.07) is 2.46. The highest BCUT2D eigenvalue weighted by atomic mass is 19.1. The van der Waals surface area contributed by atoms with Crippen LogP contribution in [0.3, 0.4) is 0 Å². The number of amides is 1. The molecule has 0 spiro atoms. The Morgan fingerprint density at radius 1 is 1.20 bits per heavy atom. The van der Waals surface area contributed by atoms with Crippen molar-refractivity contribution in [3.63, 3.8) is 0 Å². The zero-order valence-corrected chi connectivity index (χ0v) is 16.5. The molecule has 0 aromatic carbocycles. The highest BCUT2D eigenvalue weighted by Crippen LogP contribution is 2.35. The van der Waals surface area contributed by atoms with Gasteiger partial charge >= 0.3 is 18.0 Å². The molecule has 1 saturated heterocycles. The average Bonchev–Trinajstić information content (AvgIpc) is 3.54. The first-order valence-electron chi connectivity index (χ1n) is 9.69. The van der Waals surface area contributed by atoms with Gasteiger partial charge in [0.2, 0.25) is 0 Å². The highest BCUT2D eigenvalue weighted by Gasteiger charge is 2.41. The molecule has 0 radical (unpaired) electrons. The number of rotatable bonds is 7. The van der Waals surface area contributed by atoms with E-state index in [2.05, 4.69) is 9.98 Å². The fourth-order valence-electron chi connectivity index (χ4n) is 3.28. The molecule has 10 nitrogen and oxygen atoms in total. The number of carboxylic acid groups (broad SMARTS) is 2. The lowest BCUT2D eigenvalue weighted by molar-refractivity contribution is -0.150. The van der Waals surface area contributed by atoms with Crippen LogP contribution in [0.25, 0.3) is 0 Å². The Bertz CT molecular complexity index is 851. The van der Waals surface area contributed by atoms with Gasteiger partial charge in [-0.05, 0) is 37.8 Å². The molecular weight excluding hydrogens is 399 g/mol. The smallest absolute Gasteiger partial charge is 0.409 e. The zero-order chi connectivity index (χ0) is 21.8. The molecule has 1 aromatic rings. The monoisotopic (exact) mass is 422 g/mol. The van der Waals surface area contributed by atoms with Crippen molar-refractivity contribution in [2.45, 2.75) is 19.8 Å². The Hall–Kier alpha value is -3.24. The first kappa shape index (κ1) is 21.5. The molecule has 1 aliphatic heterocycles. The minimum atomic E-state index is -1.76. The number of piperazine rings is 1. The summed E-state index contributed by atoms with van der Waals surface area (Å²) < 4.78 is 19.4. The number of hydrogen-bond acceptors (Lipinski definition) is 7. The predicted molar refractivity (Wildman–Crippen MR) is 104 cm³/mol. The number of halogens is 1. The van der Waals surface area contributed by atoms with Crippen LogP contribution in [-0.2, 0) is 14.3 Å². The van der Waals surface area contributed by atoms with Gasteiger partial charge in [0.25, 0.3) is 0 Å². The van der Waals surface area contributed by atoms with Gasteiger partial charge in [-0.15, -0.1) is 0 Å². The van der Waals surface area contributed by atoms with E-state index < -0.39 is 29.8 Å². The van der Waals surface area contributed by atoms with Gasteiger partial charge in [0.05, 0.1) is 6.61 Å². The molecule has 0 unspecified atom stereocenters. The van der Waals surface area contributed by atoms with Crippen molar-refractivity contribution in [2.75, 3.05) is 37.7 Å². The number of aromatic nitrogens is 1. The van der Waals surface area contributed by atoms with E-state index in [1.165, 1.54) is 17.0 Å². The van der Waals surface area contributed by atoms with E-state index in [1.54, 1.807) is 11.8 Å². The minimum Gasteiger partial charge on any atom is -0.480 e. The molecule has 0 atom stereocenters. The Balaban J connectivity index is 1.81. The molecule has 2 N–H and O–H groups in total. The van der Waals surface area contributed by atoms with E-state index in [0.717, 1.165) is 0 Å². The van der Waals surface area contributed by atoms with Crippen LogP contribution in [0.2, 0.25) is 0 Å². The second-order valence-electron chi connectivity index (χ2n) is 7.07. The Morgan fingerprint density at radius 2 is 1.83 bits per heavy atom. The second kappa shape index (κ2) is 9.06. The maximum absolute atomic E-state index is 14.4. The fraction of sp³-hybridized carbons (Fsp3) is 0.526. The number of ether oxygens (including phenoxy) is 1. The fourth-order valence-corrected chi connectivity index (χ4v) is 3.28. The van der Waals surface area contributed by atoms with Gasteiger partial charge < -0.3 is 24.7 Å². The number of aliphatic carboxylic acids is 2. The largest absolute Gasteiger partial charge is 0.480 e. The van der Waals surface area contributed by atoms with Gasteiger partial charge in [-0.2, -0.15) is 0 Å². The number of nitrogens with zero attached hydrogens (tertiary/aromatic N) is 4. The van der Waals surface area contributed by atoms with E-state index >= 15 is 0 Å². The summed E-state index contributed by atoms with van der Waals surface area (Å²) in [5.41, 5.74) is 0.0205. The Morgan fingerprint density at radius 3 is 2.37 bits per heavy atom. The lowest BCUT2D eigenvalue weighted by atomic mass is 9.99. The molecule has 2 aliphatic rings. The number of hydrogen-bond donors (Lipinski definition) is 2. The van der Waals surface area contributed by atoms with Crippen molar-refractivity contribution in [1.82, 2.24) is 9.88 Å². The van der Waals surface area contributed by atoms with E-state index in [0.29, 0.717) is 39.0 Å². The van der Waals surface area contributed by atoms with Crippen molar-refractivity contribution >= 4 is 35.4 Å². The Labute approximate surface area is 172 Å². The van der Waals surface area contributed by atoms with Gasteiger partial charge in [0, 0.05) is 31.9 Å². The van der Waals surface area contributed by atoms with Crippen LogP contribution in [-0.4, -0.2) is 76.6 Å². The van der Waals surface area contributed by atoms with Crippen LogP contribution in [0.4, 0.5) is 20.8 Å². The molecule has 1 aromatic heterocycles. The highest BCUT2D eigenvalue weighted by molar-refractivity contribution is 6.17. The normalized spacial score (nSPS) is 17.2. The van der Waals surface area contributed by atoms with Crippen molar-refractivity contribution in [3.8, 4) is 0 Å². The van der Waals surface area contributed by atoms with Gasteiger partial charge in [-0.25, -0.2) is 19.2 Å². The molecule has 3 rings (SSSR count). The Kier molecular flexibility index (Phi) is 6.48. The minimum absolute atomic E-state index is 0.0205. The molecule has 0 bridgehead atoms. The molecular formula is C19H23FN4O6. The number of carbonyl (C=O) groups is 3. The van der Waals surface area contributed by atoms with Crippen molar-refractivity contribution < 1.29 is 33.7 Å². The van der Waals surface area contributed by atoms with E-state index in [1.807, 2.05) is 0 Å². The van der Waals surface area contributed by atoms with Crippen LogP contribution in [0.1, 0.15) is 19.8 Å². The van der Waals surface area contributed by atoms with Crippen LogP contribution < -0.4 is 4.90 Å². The summed E-state index contributed by atoms with van der Waals surface area (Å²) in [7, 11) is 0. The zero-order valence-electron chi connectivity index (χ0n) is 16.5. The number of carboxylic acids is 2. The molecule has 2 heterocycles. The predicted octanol–water partition coefficient (Wildman–Crippen LogP) is 1.77. The molecule has 1 saturated carbocycles. The van der Waals surface area contributed by atoms with E-state index in [4.69, 9.17) is 4.74 Å².